The van der Waals surface area contributed by atoms with Crippen LogP contribution in [0.15, 0.2) is 53.4 Å². The summed E-state index contributed by atoms with van der Waals surface area (Å²) in [7, 11) is 0. The maximum absolute atomic E-state index is 13.0. The van der Waals surface area contributed by atoms with Gasteiger partial charge in [-0.3, -0.25) is 9.59 Å². The number of amides is 2. The highest BCUT2D eigenvalue weighted by atomic mass is 32.2. The summed E-state index contributed by atoms with van der Waals surface area (Å²) in [5.41, 5.74) is 2.92. The maximum atomic E-state index is 13.0. The topological polar surface area (TPSA) is 49.4 Å². The third-order valence-corrected chi connectivity index (χ3v) is 6.63. The molecule has 0 fully saturated rings. The van der Waals surface area contributed by atoms with Crippen molar-refractivity contribution in [1.29, 1.82) is 0 Å². The molecule has 1 aliphatic heterocycles. The van der Waals surface area contributed by atoms with Crippen molar-refractivity contribution in [2.24, 2.45) is 0 Å². The van der Waals surface area contributed by atoms with E-state index in [1.807, 2.05) is 61.2 Å². The highest BCUT2D eigenvalue weighted by molar-refractivity contribution is 8.01. The van der Waals surface area contributed by atoms with E-state index in [1.54, 1.807) is 11.8 Å². The Hall–Kier alpha value is -1.92. The quantitative estimate of drug-likeness (QED) is 0.798. The van der Waals surface area contributed by atoms with Gasteiger partial charge in [-0.2, -0.15) is 0 Å². The highest BCUT2D eigenvalue weighted by Gasteiger charge is 2.26. The maximum Gasteiger partial charge on any atom is 0.239 e. The van der Waals surface area contributed by atoms with Gasteiger partial charge in [-0.25, -0.2) is 0 Å². The zero-order valence-electron chi connectivity index (χ0n) is 15.6. The van der Waals surface area contributed by atoms with Crippen molar-refractivity contribution in [3.05, 3.63) is 54.1 Å². The molecule has 2 amide bonds. The lowest BCUT2D eigenvalue weighted by molar-refractivity contribution is -0.117. The van der Waals surface area contributed by atoms with E-state index in [9.17, 15) is 9.59 Å². The second-order valence-electron chi connectivity index (χ2n) is 6.53. The number of anilines is 2. The first-order valence-electron chi connectivity index (χ1n) is 9.06. The smallest absolute Gasteiger partial charge is 0.239 e. The average Bonchev–Trinajstić information content (AvgIpc) is 2.90. The number of nitrogens with zero attached hydrogens (tertiary/aromatic N) is 1. The van der Waals surface area contributed by atoms with E-state index in [0.717, 1.165) is 40.6 Å². The molecule has 3 rings (SSSR count). The molecule has 6 heteroatoms. The number of nitrogens with one attached hydrogen (secondary N) is 1. The Morgan fingerprint density at radius 2 is 1.93 bits per heavy atom. The van der Waals surface area contributed by atoms with E-state index < -0.39 is 0 Å². The molecule has 27 heavy (non-hydrogen) atoms. The Morgan fingerprint density at radius 3 is 2.70 bits per heavy atom. The zero-order chi connectivity index (χ0) is 19.2. The van der Waals surface area contributed by atoms with E-state index in [2.05, 4.69) is 11.4 Å². The minimum absolute atomic E-state index is 0.0677. The van der Waals surface area contributed by atoms with Crippen LogP contribution in [0.25, 0.3) is 0 Å². The van der Waals surface area contributed by atoms with Gasteiger partial charge in [-0.15, -0.1) is 23.5 Å². The van der Waals surface area contributed by atoms with Gasteiger partial charge >= 0.3 is 0 Å². The molecular weight excluding hydrogens is 376 g/mol. The fourth-order valence-electron chi connectivity index (χ4n) is 2.88. The minimum atomic E-state index is -0.273. The lowest BCUT2D eigenvalue weighted by Crippen LogP contribution is -2.38. The molecule has 4 nitrogen and oxygen atoms in total. The van der Waals surface area contributed by atoms with Gasteiger partial charge in [0.15, 0.2) is 0 Å². The molecule has 0 saturated carbocycles. The fraction of sp³-hybridized carbons (Fsp3) is 0.333. The van der Waals surface area contributed by atoms with Gasteiger partial charge < -0.3 is 10.2 Å². The molecule has 0 aromatic heterocycles. The Labute approximate surface area is 169 Å². The highest BCUT2D eigenvalue weighted by Crippen LogP contribution is 2.34. The van der Waals surface area contributed by atoms with E-state index in [1.165, 1.54) is 11.8 Å². The molecule has 0 bridgehead atoms. The van der Waals surface area contributed by atoms with Crippen molar-refractivity contribution in [2.75, 3.05) is 28.3 Å². The molecule has 1 heterocycles. The molecule has 142 valence electrons. The third-order valence-electron chi connectivity index (χ3n) is 4.35. The van der Waals surface area contributed by atoms with Gasteiger partial charge in [0.05, 0.1) is 16.7 Å². The predicted octanol–water partition coefficient (Wildman–Crippen LogP) is 4.58. The molecule has 0 aliphatic carbocycles. The number of carbonyl (C=O) groups is 2. The summed E-state index contributed by atoms with van der Waals surface area (Å²) < 4.78 is 0. The van der Waals surface area contributed by atoms with Crippen molar-refractivity contribution in [3.63, 3.8) is 0 Å². The molecular formula is C21H24N2O2S2. The van der Waals surface area contributed by atoms with Crippen LogP contribution >= 0.6 is 23.5 Å². The van der Waals surface area contributed by atoms with Crippen LogP contribution in [0, 0.1) is 6.92 Å². The number of hydrogen-bond donors (Lipinski definition) is 1. The normalized spacial score (nSPS) is 14.8. The first-order chi connectivity index (χ1) is 13.0. The van der Waals surface area contributed by atoms with Crippen LogP contribution in [0.1, 0.15) is 18.9 Å². The van der Waals surface area contributed by atoms with Crippen LogP contribution in [0.4, 0.5) is 11.4 Å². The number of carbonyl (C=O) groups excluding carboxylic acids is 2. The Morgan fingerprint density at radius 1 is 1.19 bits per heavy atom. The Kier molecular flexibility index (Phi) is 6.85. The van der Waals surface area contributed by atoms with Crippen molar-refractivity contribution in [3.8, 4) is 0 Å². The minimum Gasteiger partial charge on any atom is -0.325 e. The van der Waals surface area contributed by atoms with Crippen LogP contribution in [0.3, 0.4) is 0 Å². The van der Waals surface area contributed by atoms with Gasteiger partial charge in [0.2, 0.25) is 11.8 Å². The van der Waals surface area contributed by atoms with Crippen molar-refractivity contribution in [1.82, 2.24) is 0 Å². The first-order valence-corrected chi connectivity index (χ1v) is 11.1. The molecule has 0 radical (unpaired) electrons. The SMILES string of the molecule is Cc1ccc(NC(=O)CS[C@H](C)C(=O)N2CCCSc3ccccc32)cc1. The third kappa shape index (κ3) is 5.30. The second-order valence-corrected chi connectivity index (χ2v) is 8.99. The summed E-state index contributed by atoms with van der Waals surface area (Å²) >= 11 is 3.18. The molecule has 2 aromatic carbocycles. The number of thioether (sulfide) groups is 2. The fourth-order valence-corrected chi connectivity index (χ4v) is 4.62. The van der Waals surface area contributed by atoms with Crippen LogP contribution in [0.5, 0.6) is 0 Å². The molecule has 0 spiro atoms. The predicted molar refractivity (Wildman–Crippen MR) is 116 cm³/mol. The van der Waals surface area contributed by atoms with Crippen LogP contribution in [0.2, 0.25) is 0 Å². The van der Waals surface area contributed by atoms with Crippen molar-refractivity contribution >= 4 is 46.7 Å². The standard InChI is InChI=1S/C21H24N2O2S2/c1-15-8-10-17(11-9-15)22-20(24)14-27-16(2)21(25)23-12-5-13-26-19-7-4-3-6-18(19)23/h3-4,6-11,16H,5,12-14H2,1-2H3,(H,22,24)/t16-/m1/s1. The number of hydrogen-bond acceptors (Lipinski definition) is 4. The summed E-state index contributed by atoms with van der Waals surface area (Å²) in [6.07, 6.45) is 0.969. The Bertz CT molecular complexity index is 808. The van der Waals surface area contributed by atoms with Crippen LogP contribution < -0.4 is 10.2 Å². The molecule has 2 aromatic rings. The molecule has 1 atom stereocenters. The van der Waals surface area contributed by atoms with Gasteiger partial charge in [0, 0.05) is 17.1 Å². The molecule has 1 aliphatic rings. The second kappa shape index (κ2) is 9.33. The number of aryl methyl sites for hydroxylation is 1. The summed E-state index contributed by atoms with van der Waals surface area (Å²) in [6.45, 7) is 4.62. The summed E-state index contributed by atoms with van der Waals surface area (Å²) in [5.74, 6) is 1.25. The molecule has 0 unspecified atom stereocenters. The number of para-hydroxylation sites is 1. The number of benzene rings is 2. The van der Waals surface area contributed by atoms with Gasteiger partial charge in [-0.05, 0) is 50.3 Å². The van der Waals surface area contributed by atoms with Gasteiger partial charge in [0.1, 0.15) is 0 Å². The van der Waals surface area contributed by atoms with E-state index >= 15 is 0 Å². The lowest BCUT2D eigenvalue weighted by atomic mass is 10.2. The van der Waals surface area contributed by atoms with Gasteiger partial charge in [-0.1, -0.05) is 29.8 Å². The van der Waals surface area contributed by atoms with Crippen molar-refractivity contribution < 1.29 is 9.59 Å². The molecule has 1 N–H and O–H groups in total. The number of rotatable bonds is 5. The van der Waals surface area contributed by atoms with Crippen molar-refractivity contribution in [2.45, 2.75) is 30.4 Å². The zero-order valence-corrected chi connectivity index (χ0v) is 17.2. The summed E-state index contributed by atoms with van der Waals surface area (Å²) in [4.78, 5) is 28.2. The van der Waals surface area contributed by atoms with E-state index in [4.69, 9.17) is 0 Å². The largest absolute Gasteiger partial charge is 0.325 e. The number of fused-ring (bicyclic) bond motifs is 1. The van der Waals surface area contributed by atoms with Gasteiger partial charge in [0.25, 0.3) is 0 Å². The molecule has 0 saturated heterocycles. The Balaban J connectivity index is 1.57. The van der Waals surface area contributed by atoms with E-state index in [-0.39, 0.29) is 22.8 Å². The van der Waals surface area contributed by atoms with Crippen LogP contribution in [-0.2, 0) is 9.59 Å². The first kappa shape index (κ1) is 19.8. The van der Waals surface area contributed by atoms with E-state index in [0.29, 0.717) is 0 Å². The van der Waals surface area contributed by atoms with Crippen LogP contribution in [-0.4, -0.2) is 35.1 Å². The summed E-state index contributed by atoms with van der Waals surface area (Å²) in [6, 6.07) is 15.8. The summed E-state index contributed by atoms with van der Waals surface area (Å²) in [5, 5.41) is 2.61. The monoisotopic (exact) mass is 400 g/mol. The lowest BCUT2D eigenvalue weighted by Gasteiger charge is -2.25. The average molecular weight is 401 g/mol.